The van der Waals surface area contributed by atoms with E-state index in [-0.39, 0.29) is 17.1 Å². The number of hydrogen-bond acceptors (Lipinski definition) is 6. The average molecular weight is 475 g/mol. The minimum Gasteiger partial charge on any atom is -0.508 e. The Morgan fingerprint density at radius 2 is 1.83 bits per heavy atom. The third-order valence-electron chi connectivity index (χ3n) is 4.96. The highest BCUT2D eigenvalue weighted by molar-refractivity contribution is 9.10. The number of aliphatic hydroxyl groups is 1. The van der Waals surface area contributed by atoms with Crippen LogP contribution in [0, 0.1) is 0 Å². The van der Waals surface area contributed by atoms with E-state index in [0.29, 0.717) is 34.4 Å². The Morgan fingerprint density at radius 3 is 2.40 bits per heavy atom. The topological polar surface area (TPSA) is 90.3 Å². The van der Waals surface area contributed by atoms with Crippen LogP contribution in [0.5, 0.6) is 11.5 Å². The molecule has 0 bridgehead atoms. The molecular formula is C22H23BrN2O5. The van der Waals surface area contributed by atoms with Crippen molar-refractivity contribution in [2.24, 2.45) is 0 Å². The van der Waals surface area contributed by atoms with E-state index in [9.17, 15) is 19.8 Å². The largest absolute Gasteiger partial charge is 0.508 e. The lowest BCUT2D eigenvalue weighted by atomic mass is 9.95. The van der Waals surface area contributed by atoms with Crippen molar-refractivity contribution in [3.05, 3.63) is 63.6 Å². The molecule has 1 saturated heterocycles. The number of Topliss-reactive ketones (excluding diaryl/α,β-unsaturated/α-hetero) is 1. The van der Waals surface area contributed by atoms with Crippen LogP contribution in [0.1, 0.15) is 17.2 Å². The number of amides is 1. The van der Waals surface area contributed by atoms with Crippen LogP contribution in [0.15, 0.2) is 52.5 Å². The van der Waals surface area contributed by atoms with E-state index >= 15 is 0 Å². The van der Waals surface area contributed by atoms with Crippen LogP contribution < -0.4 is 4.74 Å². The Labute approximate surface area is 183 Å². The van der Waals surface area contributed by atoms with E-state index in [1.54, 1.807) is 30.3 Å². The first-order chi connectivity index (χ1) is 14.2. The van der Waals surface area contributed by atoms with Gasteiger partial charge in [-0.1, -0.05) is 12.1 Å². The van der Waals surface area contributed by atoms with Gasteiger partial charge in [0.1, 0.15) is 17.3 Å². The van der Waals surface area contributed by atoms with Crippen molar-refractivity contribution >= 4 is 33.4 Å². The number of methoxy groups -OCH3 is 1. The number of carbonyl (C=O) groups excluding carboxylic acids is 2. The number of aromatic hydroxyl groups is 1. The summed E-state index contributed by atoms with van der Waals surface area (Å²) in [5.74, 6) is -1.02. The fourth-order valence-electron chi connectivity index (χ4n) is 3.39. The molecule has 0 radical (unpaired) electrons. The van der Waals surface area contributed by atoms with E-state index in [2.05, 4.69) is 15.9 Å². The first-order valence-electron chi connectivity index (χ1n) is 9.30. The van der Waals surface area contributed by atoms with Crippen LogP contribution in [0.2, 0.25) is 0 Å². The van der Waals surface area contributed by atoms with Gasteiger partial charge < -0.3 is 24.7 Å². The van der Waals surface area contributed by atoms with Gasteiger partial charge in [0.05, 0.1) is 23.2 Å². The van der Waals surface area contributed by atoms with Crippen LogP contribution in [-0.2, 0) is 9.59 Å². The van der Waals surface area contributed by atoms with Crippen LogP contribution in [0.25, 0.3) is 5.76 Å². The summed E-state index contributed by atoms with van der Waals surface area (Å²) in [5, 5.41) is 20.7. The maximum absolute atomic E-state index is 12.9. The van der Waals surface area contributed by atoms with Gasteiger partial charge in [-0.05, 0) is 65.9 Å². The highest BCUT2D eigenvalue weighted by Crippen LogP contribution is 2.40. The van der Waals surface area contributed by atoms with E-state index < -0.39 is 17.7 Å². The van der Waals surface area contributed by atoms with Gasteiger partial charge >= 0.3 is 0 Å². The van der Waals surface area contributed by atoms with Gasteiger partial charge in [0.15, 0.2) is 0 Å². The lowest BCUT2D eigenvalue weighted by Gasteiger charge is -2.26. The van der Waals surface area contributed by atoms with Crippen molar-refractivity contribution in [1.29, 1.82) is 0 Å². The smallest absolute Gasteiger partial charge is 0.295 e. The van der Waals surface area contributed by atoms with Gasteiger partial charge in [-0.2, -0.15) is 0 Å². The summed E-state index contributed by atoms with van der Waals surface area (Å²) in [6, 6.07) is 10.4. The molecule has 30 heavy (non-hydrogen) atoms. The summed E-state index contributed by atoms with van der Waals surface area (Å²) in [6.45, 7) is 0.863. The zero-order valence-electron chi connectivity index (χ0n) is 16.9. The number of benzene rings is 2. The Morgan fingerprint density at radius 1 is 1.17 bits per heavy atom. The minimum atomic E-state index is -0.758. The molecule has 1 aliphatic heterocycles. The quantitative estimate of drug-likeness (QED) is 0.379. The number of halogens is 1. The molecule has 3 rings (SSSR count). The molecule has 2 aromatic rings. The maximum Gasteiger partial charge on any atom is 0.295 e. The summed E-state index contributed by atoms with van der Waals surface area (Å²) < 4.78 is 5.82. The predicted molar refractivity (Wildman–Crippen MR) is 116 cm³/mol. The Hall–Kier alpha value is -2.84. The molecule has 0 saturated carbocycles. The standard InChI is InChI=1S/C22H23BrN2O5/c1-24(2)10-11-25-19(13-4-7-15(26)8-5-13)18(21(28)22(25)29)20(27)14-6-9-17(30-3)16(23)12-14/h4-9,12,19,26-27H,10-11H2,1-3H3/b20-18-. The molecule has 2 aromatic carbocycles. The van der Waals surface area contributed by atoms with Gasteiger partial charge in [0.25, 0.3) is 11.7 Å². The number of nitrogens with zero attached hydrogens (tertiary/aromatic N) is 2. The molecule has 8 heteroatoms. The number of hydrogen-bond donors (Lipinski definition) is 2. The van der Waals surface area contributed by atoms with Gasteiger partial charge in [-0.25, -0.2) is 0 Å². The fraction of sp³-hybridized carbons (Fsp3) is 0.273. The van der Waals surface area contributed by atoms with Gasteiger partial charge in [0, 0.05) is 18.7 Å². The Kier molecular flexibility index (Phi) is 6.48. The van der Waals surface area contributed by atoms with E-state index in [0.717, 1.165) is 0 Å². The van der Waals surface area contributed by atoms with Crippen molar-refractivity contribution < 1.29 is 24.5 Å². The van der Waals surface area contributed by atoms with Crippen molar-refractivity contribution in [1.82, 2.24) is 9.80 Å². The molecule has 0 spiro atoms. The number of phenolic OH excluding ortho intramolecular Hbond substituents is 1. The van der Waals surface area contributed by atoms with Gasteiger partial charge in [0.2, 0.25) is 0 Å². The second-order valence-corrected chi connectivity index (χ2v) is 8.09. The molecule has 1 atom stereocenters. The monoisotopic (exact) mass is 474 g/mol. The summed E-state index contributed by atoms with van der Waals surface area (Å²) in [7, 11) is 5.28. The zero-order valence-corrected chi connectivity index (χ0v) is 18.5. The van der Waals surface area contributed by atoms with Crippen LogP contribution in [0.3, 0.4) is 0 Å². The first-order valence-corrected chi connectivity index (χ1v) is 10.1. The third kappa shape index (κ3) is 4.20. The molecule has 0 aromatic heterocycles. The lowest BCUT2D eigenvalue weighted by molar-refractivity contribution is -0.140. The van der Waals surface area contributed by atoms with Crippen molar-refractivity contribution in [2.45, 2.75) is 6.04 Å². The Bertz CT molecular complexity index is 1000. The maximum atomic E-state index is 12.9. The van der Waals surface area contributed by atoms with Crippen LogP contribution in [0.4, 0.5) is 0 Å². The number of likely N-dealkylation sites (N-methyl/N-ethyl adjacent to an activating group) is 1. The summed E-state index contributed by atoms with van der Waals surface area (Å²) in [6.07, 6.45) is 0. The summed E-state index contributed by atoms with van der Waals surface area (Å²) in [4.78, 5) is 29.1. The molecule has 1 amide bonds. The number of aliphatic hydroxyl groups excluding tert-OH is 1. The number of ether oxygens (including phenoxy) is 1. The molecule has 2 N–H and O–H groups in total. The molecule has 158 valence electrons. The zero-order chi connectivity index (χ0) is 22.0. The van der Waals surface area contributed by atoms with Crippen molar-refractivity contribution in [2.75, 3.05) is 34.3 Å². The number of phenols is 1. The molecule has 1 fully saturated rings. The number of rotatable bonds is 6. The van der Waals surface area contributed by atoms with Crippen molar-refractivity contribution in [3.8, 4) is 11.5 Å². The van der Waals surface area contributed by atoms with Gasteiger partial charge in [-0.15, -0.1) is 0 Å². The van der Waals surface area contributed by atoms with Crippen LogP contribution in [-0.4, -0.2) is 66.0 Å². The number of carbonyl (C=O) groups is 2. The van der Waals surface area contributed by atoms with Crippen molar-refractivity contribution in [3.63, 3.8) is 0 Å². The second-order valence-electron chi connectivity index (χ2n) is 7.24. The van der Waals surface area contributed by atoms with E-state index in [1.807, 2.05) is 19.0 Å². The fourth-order valence-corrected chi connectivity index (χ4v) is 3.93. The first kappa shape index (κ1) is 21.9. The van der Waals surface area contributed by atoms with E-state index in [1.165, 1.54) is 24.1 Å². The minimum absolute atomic E-state index is 0.0153. The molecule has 1 heterocycles. The molecule has 0 aliphatic carbocycles. The highest BCUT2D eigenvalue weighted by Gasteiger charge is 2.45. The number of likely N-dealkylation sites (tertiary alicyclic amines) is 1. The lowest BCUT2D eigenvalue weighted by Crippen LogP contribution is -2.35. The summed E-state index contributed by atoms with van der Waals surface area (Å²) in [5.41, 5.74) is 1.03. The molecule has 1 aliphatic rings. The Balaban J connectivity index is 2.14. The van der Waals surface area contributed by atoms with Gasteiger partial charge in [-0.3, -0.25) is 9.59 Å². The highest BCUT2D eigenvalue weighted by atomic mass is 79.9. The SMILES string of the molecule is COc1ccc(/C(O)=C2/C(=O)C(=O)N(CCN(C)C)C2c2ccc(O)cc2)cc1Br. The molecular weight excluding hydrogens is 452 g/mol. The molecule has 1 unspecified atom stereocenters. The van der Waals surface area contributed by atoms with E-state index in [4.69, 9.17) is 4.74 Å². The average Bonchev–Trinajstić information content (AvgIpc) is 2.96. The predicted octanol–water partition coefficient (Wildman–Crippen LogP) is 3.15. The number of ketones is 1. The third-order valence-corrected chi connectivity index (χ3v) is 5.58. The molecule has 7 nitrogen and oxygen atoms in total. The summed E-state index contributed by atoms with van der Waals surface area (Å²) >= 11 is 3.38. The normalized spacial score (nSPS) is 18.3. The second kappa shape index (κ2) is 8.89. The van der Waals surface area contributed by atoms with Crippen LogP contribution >= 0.6 is 15.9 Å².